The van der Waals surface area contributed by atoms with Gasteiger partial charge in [0.25, 0.3) is 5.44 Å². The Kier molecular flexibility index (Phi) is 6.38. The predicted octanol–water partition coefficient (Wildman–Crippen LogP) is 6.92. The Balaban J connectivity index is 1.64. The minimum Gasteiger partial charge on any atom is -0.435 e. The molecule has 0 radical (unpaired) electrons. The highest BCUT2D eigenvalue weighted by molar-refractivity contribution is 7.85. The normalized spacial score (nSPS) is 12.2. The third kappa shape index (κ3) is 4.77. The summed E-state index contributed by atoms with van der Waals surface area (Å²) in [5.74, 6) is -0.857. The molecule has 178 valence electrons. The van der Waals surface area contributed by atoms with Gasteiger partial charge in [-0.2, -0.15) is 8.42 Å². The molecule has 5 aromatic carbocycles. The van der Waals surface area contributed by atoms with Crippen molar-refractivity contribution < 1.29 is 22.5 Å². The summed E-state index contributed by atoms with van der Waals surface area (Å²) in [6.45, 7) is 0. The fourth-order valence-corrected chi connectivity index (χ4v) is 5.00. The summed E-state index contributed by atoms with van der Waals surface area (Å²) in [5.41, 5.74) is 1.21. The van der Waals surface area contributed by atoms with Crippen molar-refractivity contribution in [1.29, 1.82) is 0 Å². The first-order valence-corrected chi connectivity index (χ1v) is 12.8. The molecule has 0 bridgehead atoms. The minimum atomic E-state index is -4.79. The molecule has 5 aromatic rings. The van der Waals surface area contributed by atoms with E-state index >= 15 is 0 Å². The third-order valence-corrected chi connectivity index (χ3v) is 6.88. The van der Waals surface area contributed by atoms with Gasteiger partial charge < -0.3 is 4.74 Å². The molecule has 0 aliphatic heterocycles. The quantitative estimate of drug-likeness (QED) is 0.205. The van der Waals surface area contributed by atoms with Crippen LogP contribution in [-0.4, -0.2) is 18.9 Å². The summed E-state index contributed by atoms with van der Waals surface area (Å²) in [5, 5.41) is 1.65. The standard InChI is InChI=1S/C30H22O5S/c31-29(35-30(36(32,33)34)25-19-18-21-10-7-8-15-24(21)20-25)28-26(22-11-3-1-4-12-22)16-9-17-27(28)23-13-5-2-6-14-23/h1-20,30H,(H,32,33,34). The van der Waals surface area contributed by atoms with Gasteiger partial charge in [0.2, 0.25) is 0 Å². The Morgan fingerprint density at radius 1 is 0.639 bits per heavy atom. The number of esters is 1. The lowest BCUT2D eigenvalue weighted by Gasteiger charge is -2.19. The Morgan fingerprint density at radius 2 is 1.17 bits per heavy atom. The highest BCUT2D eigenvalue weighted by atomic mass is 32.2. The average Bonchev–Trinajstić information content (AvgIpc) is 2.91. The molecule has 0 saturated heterocycles. The second-order valence-corrected chi connectivity index (χ2v) is 9.78. The lowest BCUT2D eigenvalue weighted by atomic mass is 9.92. The zero-order valence-corrected chi connectivity index (χ0v) is 19.9. The second kappa shape index (κ2) is 9.77. The van der Waals surface area contributed by atoms with Crippen LogP contribution in [0.4, 0.5) is 0 Å². The van der Waals surface area contributed by atoms with Crippen molar-refractivity contribution in [2.24, 2.45) is 0 Å². The molecular weight excluding hydrogens is 472 g/mol. The van der Waals surface area contributed by atoms with Gasteiger partial charge in [0.15, 0.2) is 0 Å². The number of carbonyl (C=O) groups excluding carboxylic acids is 1. The number of carbonyl (C=O) groups is 1. The highest BCUT2D eigenvalue weighted by Crippen LogP contribution is 2.35. The summed E-state index contributed by atoms with van der Waals surface area (Å²) in [4.78, 5) is 13.7. The van der Waals surface area contributed by atoms with E-state index in [1.807, 2.05) is 91.0 Å². The van der Waals surface area contributed by atoms with Crippen LogP contribution >= 0.6 is 0 Å². The van der Waals surface area contributed by atoms with Crippen molar-refractivity contribution in [2.75, 3.05) is 0 Å². The lowest BCUT2D eigenvalue weighted by molar-refractivity contribution is 0.0429. The van der Waals surface area contributed by atoms with Gasteiger partial charge in [-0.3, -0.25) is 4.55 Å². The van der Waals surface area contributed by atoms with E-state index in [0.717, 1.165) is 21.9 Å². The van der Waals surface area contributed by atoms with Crippen LogP contribution in [0.3, 0.4) is 0 Å². The van der Waals surface area contributed by atoms with Crippen LogP contribution in [0.15, 0.2) is 121 Å². The molecular formula is C30H22O5S. The molecule has 6 heteroatoms. The van der Waals surface area contributed by atoms with Crippen LogP contribution in [-0.2, 0) is 14.9 Å². The molecule has 0 aromatic heterocycles. The molecule has 1 N–H and O–H groups in total. The molecule has 5 rings (SSSR count). The Labute approximate surface area is 209 Å². The molecule has 0 amide bonds. The molecule has 5 nitrogen and oxygen atoms in total. The zero-order valence-electron chi connectivity index (χ0n) is 19.1. The molecule has 0 aliphatic rings. The number of rotatable bonds is 6. The van der Waals surface area contributed by atoms with E-state index in [0.29, 0.717) is 11.1 Å². The largest absolute Gasteiger partial charge is 0.435 e. The Hall–Kier alpha value is -4.26. The van der Waals surface area contributed by atoms with Crippen LogP contribution < -0.4 is 0 Å². The maximum absolute atomic E-state index is 13.7. The molecule has 0 spiro atoms. The maximum atomic E-state index is 13.7. The predicted molar refractivity (Wildman–Crippen MR) is 141 cm³/mol. The van der Waals surface area contributed by atoms with Gasteiger partial charge in [0.1, 0.15) is 0 Å². The van der Waals surface area contributed by atoms with Gasteiger partial charge in [0, 0.05) is 5.56 Å². The summed E-state index contributed by atoms with van der Waals surface area (Å²) in [7, 11) is -4.79. The number of hydrogen-bond acceptors (Lipinski definition) is 4. The monoisotopic (exact) mass is 494 g/mol. The van der Waals surface area contributed by atoms with Gasteiger partial charge >= 0.3 is 16.1 Å². The maximum Gasteiger partial charge on any atom is 0.341 e. The molecule has 1 unspecified atom stereocenters. The van der Waals surface area contributed by atoms with Crippen molar-refractivity contribution in [2.45, 2.75) is 5.44 Å². The fraction of sp³-hybridized carbons (Fsp3) is 0.0333. The first kappa shape index (κ1) is 23.5. The fourth-order valence-electron chi connectivity index (χ4n) is 4.30. The summed E-state index contributed by atoms with van der Waals surface area (Å²) >= 11 is 0. The first-order chi connectivity index (χ1) is 17.4. The van der Waals surface area contributed by atoms with Crippen LogP contribution in [0, 0.1) is 0 Å². The number of hydrogen-bond donors (Lipinski definition) is 1. The summed E-state index contributed by atoms with van der Waals surface area (Å²) in [6, 6.07) is 36.3. The van der Waals surface area contributed by atoms with E-state index in [1.165, 1.54) is 6.07 Å². The Morgan fingerprint density at radius 3 is 1.72 bits per heavy atom. The van der Waals surface area contributed by atoms with Crippen molar-refractivity contribution in [3.8, 4) is 22.3 Å². The SMILES string of the molecule is O=C(OC(c1ccc2ccccc2c1)S(=O)(=O)O)c1c(-c2ccccc2)cccc1-c1ccccc1. The van der Waals surface area contributed by atoms with Gasteiger partial charge in [-0.15, -0.1) is 0 Å². The zero-order chi connectivity index (χ0) is 25.1. The van der Waals surface area contributed by atoms with Gasteiger partial charge in [-0.05, 0) is 39.1 Å². The van der Waals surface area contributed by atoms with E-state index in [-0.39, 0.29) is 11.1 Å². The van der Waals surface area contributed by atoms with Gasteiger partial charge in [-0.1, -0.05) is 115 Å². The van der Waals surface area contributed by atoms with E-state index in [4.69, 9.17) is 4.74 Å². The topological polar surface area (TPSA) is 80.7 Å². The van der Waals surface area contributed by atoms with E-state index in [2.05, 4.69) is 0 Å². The van der Waals surface area contributed by atoms with Gasteiger partial charge in [0.05, 0.1) is 5.56 Å². The van der Waals surface area contributed by atoms with E-state index in [9.17, 15) is 17.8 Å². The van der Waals surface area contributed by atoms with E-state index in [1.54, 1.807) is 24.3 Å². The summed E-state index contributed by atoms with van der Waals surface area (Å²) in [6.07, 6.45) is 0. The average molecular weight is 495 g/mol. The number of fused-ring (bicyclic) bond motifs is 1. The Bertz CT molecular complexity index is 1590. The van der Waals surface area contributed by atoms with Crippen molar-refractivity contribution in [1.82, 2.24) is 0 Å². The highest BCUT2D eigenvalue weighted by Gasteiger charge is 2.32. The first-order valence-electron chi connectivity index (χ1n) is 11.3. The van der Waals surface area contributed by atoms with Crippen molar-refractivity contribution >= 4 is 26.9 Å². The molecule has 0 saturated carbocycles. The van der Waals surface area contributed by atoms with Crippen molar-refractivity contribution in [3.05, 3.63) is 132 Å². The second-order valence-electron chi connectivity index (χ2n) is 8.32. The molecule has 36 heavy (non-hydrogen) atoms. The van der Waals surface area contributed by atoms with E-state index < -0.39 is 21.5 Å². The van der Waals surface area contributed by atoms with Crippen LogP contribution in [0.5, 0.6) is 0 Å². The third-order valence-electron chi connectivity index (χ3n) is 5.97. The summed E-state index contributed by atoms with van der Waals surface area (Å²) < 4.78 is 40.5. The molecule has 0 aliphatic carbocycles. The minimum absolute atomic E-state index is 0.156. The van der Waals surface area contributed by atoms with Crippen molar-refractivity contribution in [3.63, 3.8) is 0 Å². The van der Waals surface area contributed by atoms with Crippen LogP contribution in [0.1, 0.15) is 21.4 Å². The molecule has 1 atom stereocenters. The van der Waals surface area contributed by atoms with Crippen LogP contribution in [0.2, 0.25) is 0 Å². The smallest absolute Gasteiger partial charge is 0.341 e. The molecule has 0 fully saturated rings. The number of ether oxygens (including phenoxy) is 1. The lowest BCUT2D eigenvalue weighted by Crippen LogP contribution is -2.20. The molecule has 0 heterocycles. The van der Waals surface area contributed by atoms with Gasteiger partial charge in [-0.25, -0.2) is 4.79 Å². The van der Waals surface area contributed by atoms with Crippen LogP contribution in [0.25, 0.3) is 33.0 Å². The number of benzene rings is 5.